The minimum Gasteiger partial charge on any atom is -0.497 e. The predicted molar refractivity (Wildman–Crippen MR) is 87.4 cm³/mol. The molecule has 2 aromatic rings. The van der Waals surface area contributed by atoms with Crippen molar-refractivity contribution < 1.29 is 9.47 Å². The first-order valence-electron chi connectivity index (χ1n) is 6.90. The van der Waals surface area contributed by atoms with Gasteiger partial charge < -0.3 is 14.8 Å². The van der Waals surface area contributed by atoms with E-state index in [1.165, 1.54) is 5.56 Å². The number of nitrogens with one attached hydrogen (secondary N) is 1. The quantitative estimate of drug-likeness (QED) is 0.870. The highest BCUT2D eigenvalue weighted by atomic mass is 35.5. The molecule has 0 aliphatic heterocycles. The van der Waals surface area contributed by atoms with Crippen LogP contribution in [0.1, 0.15) is 12.5 Å². The summed E-state index contributed by atoms with van der Waals surface area (Å²) in [7, 11) is 3.30. The second-order valence-electron chi connectivity index (χ2n) is 4.68. The molecule has 0 saturated heterocycles. The van der Waals surface area contributed by atoms with Crippen molar-refractivity contribution in [1.29, 1.82) is 0 Å². The fraction of sp³-hybridized carbons (Fsp3) is 0.294. The molecular formula is C17H20ClNO2. The third kappa shape index (κ3) is 3.90. The molecule has 112 valence electrons. The molecule has 0 radical (unpaired) electrons. The van der Waals surface area contributed by atoms with Crippen LogP contribution >= 0.6 is 11.6 Å². The lowest BCUT2D eigenvalue weighted by molar-refractivity contribution is 0.394. The number of hydrogen-bond acceptors (Lipinski definition) is 3. The van der Waals surface area contributed by atoms with Crippen LogP contribution in [0.4, 0.5) is 0 Å². The summed E-state index contributed by atoms with van der Waals surface area (Å²) in [6.07, 6.45) is 0. The van der Waals surface area contributed by atoms with E-state index in [1.54, 1.807) is 14.2 Å². The van der Waals surface area contributed by atoms with Crippen molar-refractivity contribution >= 4 is 11.6 Å². The summed E-state index contributed by atoms with van der Waals surface area (Å²) in [5.74, 6) is 1.53. The van der Waals surface area contributed by atoms with E-state index >= 15 is 0 Å². The van der Waals surface area contributed by atoms with E-state index in [1.807, 2.05) is 36.4 Å². The lowest BCUT2D eigenvalue weighted by Crippen LogP contribution is -2.12. The van der Waals surface area contributed by atoms with Gasteiger partial charge in [-0.25, -0.2) is 0 Å². The average Bonchev–Trinajstić information content (AvgIpc) is 2.53. The Labute approximate surface area is 130 Å². The minimum absolute atomic E-state index is 0.715. The third-order valence-electron chi connectivity index (χ3n) is 3.30. The van der Waals surface area contributed by atoms with Gasteiger partial charge in [0.1, 0.15) is 11.5 Å². The number of halogens is 1. The zero-order chi connectivity index (χ0) is 15.2. The zero-order valence-corrected chi connectivity index (χ0v) is 13.3. The Balaban J connectivity index is 2.51. The highest BCUT2D eigenvalue weighted by Gasteiger charge is 2.09. The SMILES string of the molecule is CCNCc1ccc(Cl)cc1-c1cc(OC)cc(OC)c1. The Hall–Kier alpha value is -1.71. The van der Waals surface area contributed by atoms with Gasteiger partial charge in [-0.05, 0) is 47.5 Å². The molecule has 0 spiro atoms. The number of benzene rings is 2. The largest absolute Gasteiger partial charge is 0.497 e. The topological polar surface area (TPSA) is 30.5 Å². The summed E-state index contributed by atoms with van der Waals surface area (Å²) in [4.78, 5) is 0. The van der Waals surface area contributed by atoms with Crippen LogP contribution in [0.3, 0.4) is 0 Å². The molecule has 0 heterocycles. The van der Waals surface area contributed by atoms with Gasteiger partial charge in [0, 0.05) is 17.6 Å². The molecular weight excluding hydrogens is 286 g/mol. The van der Waals surface area contributed by atoms with Crippen LogP contribution in [0.25, 0.3) is 11.1 Å². The monoisotopic (exact) mass is 305 g/mol. The molecule has 0 saturated carbocycles. The molecule has 1 N–H and O–H groups in total. The fourth-order valence-electron chi connectivity index (χ4n) is 2.19. The van der Waals surface area contributed by atoms with E-state index < -0.39 is 0 Å². The lowest BCUT2D eigenvalue weighted by Gasteiger charge is -2.13. The first-order valence-corrected chi connectivity index (χ1v) is 7.28. The minimum atomic E-state index is 0.715. The molecule has 0 fully saturated rings. The standard InChI is InChI=1S/C17H20ClNO2/c1-4-19-11-12-5-6-14(18)9-17(12)13-7-15(20-2)10-16(8-13)21-3/h5-10,19H,4,11H2,1-3H3. The number of hydrogen-bond donors (Lipinski definition) is 1. The number of methoxy groups -OCH3 is 2. The number of rotatable bonds is 6. The van der Waals surface area contributed by atoms with Crippen LogP contribution in [0.2, 0.25) is 5.02 Å². The summed E-state index contributed by atoms with van der Waals surface area (Å²) in [5, 5.41) is 4.06. The second-order valence-corrected chi connectivity index (χ2v) is 5.12. The van der Waals surface area contributed by atoms with Crippen LogP contribution < -0.4 is 14.8 Å². The van der Waals surface area contributed by atoms with Crippen LogP contribution in [0, 0.1) is 0 Å². The Kier molecular flexibility index (Phi) is 5.48. The van der Waals surface area contributed by atoms with Crippen molar-refractivity contribution in [3.8, 4) is 22.6 Å². The van der Waals surface area contributed by atoms with Gasteiger partial charge in [0.05, 0.1) is 14.2 Å². The first-order chi connectivity index (χ1) is 10.2. The van der Waals surface area contributed by atoms with E-state index in [0.29, 0.717) is 5.02 Å². The lowest BCUT2D eigenvalue weighted by atomic mass is 9.99. The molecule has 0 atom stereocenters. The van der Waals surface area contributed by atoms with E-state index in [0.717, 1.165) is 35.7 Å². The van der Waals surface area contributed by atoms with E-state index in [9.17, 15) is 0 Å². The summed E-state index contributed by atoms with van der Waals surface area (Å²) in [6.45, 7) is 3.80. The van der Waals surface area contributed by atoms with Gasteiger partial charge in [-0.1, -0.05) is 24.6 Å². The van der Waals surface area contributed by atoms with Crippen LogP contribution in [-0.4, -0.2) is 20.8 Å². The van der Waals surface area contributed by atoms with Gasteiger partial charge in [-0.3, -0.25) is 0 Å². The molecule has 21 heavy (non-hydrogen) atoms. The molecule has 2 rings (SSSR count). The Morgan fingerprint density at radius 1 is 1.00 bits per heavy atom. The van der Waals surface area contributed by atoms with Gasteiger partial charge in [-0.2, -0.15) is 0 Å². The van der Waals surface area contributed by atoms with Crippen molar-refractivity contribution in [1.82, 2.24) is 5.32 Å². The van der Waals surface area contributed by atoms with E-state index in [4.69, 9.17) is 21.1 Å². The molecule has 0 bridgehead atoms. The second kappa shape index (κ2) is 7.34. The van der Waals surface area contributed by atoms with Crippen molar-refractivity contribution in [2.24, 2.45) is 0 Å². The molecule has 0 amide bonds. The molecule has 0 unspecified atom stereocenters. The smallest absolute Gasteiger partial charge is 0.123 e. The van der Waals surface area contributed by atoms with Gasteiger partial charge in [0.15, 0.2) is 0 Å². The normalized spacial score (nSPS) is 10.5. The molecule has 4 heteroatoms. The van der Waals surface area contributed by atoms with Gasteiger partial charge in [-0.15, -0.1) is 0 Å². The Morgan fingerprint density at radius 3 is 2.24 bits per heavy atom. The van der Waals surface area contributed by atoms with E-state index in [-0.39, 0.29) is 0 Å². The van der Waals surface area contributed by atoms with Gasteiger partial charge in [0.25, 0.3) is 0 Å². The predicted octanol–water partition coefficient (Wildman–Crippen LogP) is 4.13. The highest BCUT2D eigenvalue weighted by Crippen LogP contribution is 2.33. The molecule has 0 aromatic heterocycles. The maximum Gasteiger partial charge on any atom is 0.123 e. The first kappa shape index (κ1) is 15.7. The molecule has 0 aliphatic rings. The zero-order valence-electron chi connectivity index (χ0n) is 12.6. The van der Waals surface area contributed by atoms with Crippen molar-refractivity contribution in [2.75, 3.05) is 20.8 Å². The van der Waals surface area contributed by atoms with Crippen molar-refractivity contribution in [3.05, 3.63) is 47.0 Å². The Morgan fingerprint density at radius 2 is 1.67 bits per heavy atom. The van der Waals surface area contributed by atoms with Crippen molar-refractivity contribution in [3.63, 3.8) is 0 Å². The fourth-order valence-corrected chi connectivity index (χ4v) is 2.37. The van der Waals surface area contributed by atoms with Crippen LogP contribution in [0.5, 0.6) is 11.5 Å². The number of ether oxygens (including phenoxy) is 2. The van der Waals surface area contributed by atoms with Crippen molar-refractivity contribution in [2.45, 2.75) is 13.5 Å². The molecule has 3 nitrogen and oxygen atoms in total. The van der Waals surface area contributed by atoms with Crippen LogP contribution in [0.15, 0.2) is 36.4 Å². The maximum atomic E-state index is 6.17. The highest BCUT2D eigenvalue weighted by molar-refractivity contribution is 6.30. The summed E-state index contributed by atoms with van der Waals surface area (Å²) in [5.41, 5.74) is 3.30. The van der Waals surface area contributed by atoms with Crippen LogP contribution in [-0.2, 0) is 6.54 Å². The van der Waals surface area contributed by atoms with Gasteiger partial charge >= 0.3 is 0 Å². The Bertz CT molecular complexity index is 591. The third-order valence-corrected chi connectivity index (χ3v) is 3.53. The molecule has 0 aliphatic carbocycles. The molecule has 2 aromatic carbocycles. The van der Waals surface area contributed by atoms with E-state index in [2.05, 4.69) is 12.2 Å². The summed E-state index contributed by atoms with van der Waals surface area (Å²) < 4.78 is 10.7. The van der Waals surface area contributed by atoms with Gasteiger partial charge in [0.2, 0.25) is 0 Å². The summed E-state index contributed by atoms with van der Waals surface area (Å²) in [6, 6.07) is 11.8. The summed E-state index contributed by atoms with van der Waals surface area (Å²) >= 11 is 6.17. The maximum absolute atomic E-state index is 6.17. The average molecular weight is 306 g/mol.